The summed E-state index contributed by atoms with van der Waals surface area (Å²) in [5, 5.41) is 8.80. The normalized spacial score (nSPS) is 14.3. The summed E-state index contributed by atoms with van der Waals surface area (Å²) in [5.41, 5.74) is 1.04. The Balaban J connectivity index is 2.16. The molecule has 20 heavy (non-hydrogen) atoms. The summed E-state index contributed by atoms with van der Waals surface area (Å²) >= 11 is 6.05. The molecule has 0 atom stereocenters. The molecule has 3 amide bonds. The minimum absolute atomic E-state index is 0.158. The van der Waals surface area contributed by atoms with E-state index < -0.39 is 0 Å². The van der Waals surface area contributed by atoms with E-state index in [0.29, 0.717) is 42.5 Å². The highest BCUT2D eigenvalue weighted by atomic mass is 35.5. The smallest absolute Gasteiger partial charge is 0.321 e. The molecule has 0 saturated carbocycles. The van der Waals surface area contributed by atoms with E-state index in [2.05, 4.69) is 16.0 Å². The van der Waals surface area contributed by atoms with Crippen molar-refractivity contribution in [2.75, 3.05) is 38.1 Å². The first kappa shape index (κ1) is 14.6. The van der Waals surface area contributed by atoms with Crippen molar-refractivity contribution in [3.05, 3.63) is 28.8 Å². The van der Waals surface area contributed by atoms with Crippen molar-refractivity contribution >= 4 is 29.2 Å². The lowest BCUT2D eigenvalue weighted by atomic mass is 10.1. The Morgan fingerprint density at radius 3 is 2.90 bits per heavy atom. The Morgan fingerprint density at radius 2 is 2.25 bits per heavy atom. The molecule has 7 heteroatoms. The van der Waals surface area contributed by atoms with Crippen LogP contribution in [0, 0.1) is 0 Å². The SMILES string of the molecule is CNCCNC(=O)c1cc(N2CCNC2=O)ccc1Cl. The molecular weight excluding hydrogens is 280 g/mol. The summed E-state index contributed by atoms with van der Waals surface area (Å²) in [6.07, 6.45) is 0. The van der Waals surface area contributed by atoms with Gasteiger partial charge in [-0.25, -0.2) is 4.79 Å². The van der Waals surface area contributed by atoms with E-state index in [9.17, 15) is 9.59 Å². The van der Waals surface area contributed by atoms with Gasteiger partial charge in [-0.15, -0.1) is 0 Å². The van der Waals surface area contributed by atoms with Gasteiger partial charge in [0.15, 0.2) is 0 Å². The van der Waals surface area contributed by atoms with Crippen LogP contribution in [0.2, 0.25) is 5.02 Å². The van der Waals surface area contributed by atoms with Gasteiger partial charge in [-0.05, 0) is 25.2 Å². The van der Waals surface area contributed by atoms with Crippen LogP contribution >= 0.6 is 11.6 Å². The largest absolute Gasteiger partial charge is 0.351 e. The number of urea groups is 1. The molecule has 2 rings (SSSR count). The molecule has 1 fully saturated rings. The molecule has 0 aromatic heterocycles. The number of halogens is 1. The van der Waals surface area contributed by atoms with Crippen LogP contribution in [0.15, 0.2) is 18.2 Å². The number of benzene rings is 1. The van der Waals surface area contributed by atoms with Gasteiger partial charge >= 0.3 is 6.03 Å². The standard InChI is InChI=1S/C13H17ClN4O2/c1-15-4-5-16-12(19)10-8-9(2-3-11(10)14)18-7-6-17-13(18)20/h2-3,8,15H,4-7H2,1H3,(H,16,19)(H,17,20). The fourth-order valence-electron chi connectivity index (χ4n) is 1.97. The second-order valence-electron chi connectivity index (χ2n) is 4.41. The zero-order chi connectivity index (χ0) is 14.5. The summed E-state index contributed by atoms with van der Waals surface area (Å²) < 4.78 is 0. The van der Waals surface area contributed by atoms with Crippen LogP contribution in [-0.4, -0.2) is 45.2 Å². The van der Waals surface area contributed by atoms with Crippen molar-refractivity contribution in [3.8, 4) is 0 Å². The van der Waals surface area contributed by atoms with Crippen LogP contribution in [0.4, 0.5) is 10.5 Å². The van der Waals surface area contributed by atoms with Crippen LogP contribution < -0.4 is 20.9 Å². The van der Waals surface area contributed by atoms with Crippen molar-refractivity contribution in [2.45, 2.75) is 0 Å². The Labute approximate surface area is 122 Å². The molecule has 3 N–H and O–H groups in total. The van der Waals surface area contributed by atoms with E-state index >= 15 is 0 Å². The lowest BCUT2D eigenvalue weighted by molar-refractivity contribution is 0.0954. The Kier molecular flexibility index (Phi) is 4.81. The molecule has 0 spiro atoms. The van der Waals surface area contributed by atoms with Gasteiger partial charge in [-0.3, -0.25) is 9.69 Å². The zero-order valence-corrected chi connectivity index (χ0v) is 12.0. The number of amides is 3. The highest BCUT2D eigenvalue weighted by molar-refractivity contribution is 6.34. The number of anilines is 1. The number of rotatable bonds is 5. The van der Waals surface area contributed by atoms with E-state index in [1.54, 1.807) is 23.1 Å². The van der Waals surface area contributed by atoms with Crippen LogP contribution in [0.3, 0.4) is 0 Å². The van der Waals surface area contributed by atoms with Crippen molar-refractivity contribution in [1.82, 2.24) is 16.0 Å². The first-order valence-electron chi connectivity index (χ1n) is 6.41. The number of carbonyl (C=O) groups excluding carboxylic acids is 2. The second kappa shape index (κ2) is 6.58. The maximum absolute atomic E-state index is 12.0. The van der Waals surface area contributed by atoms with E-state index in [1.165, 1.54) is 0 Å². The molecule has 6 nitrogen and oxygen atoms in total. The van der Waals surface area contributed by atoms with Gasteiger partial charge in [-0.2, -0.15) is 0 Å². The van der Waals surface area contributed by atoms with Crippen molar-refractivity contribution in [3.63, 3.8) is 0 Å². The van der Waals surface area contributed by atoms with Gasteiger partial charge < -0.3 is 16.0 Å². The van der Waals surface area contributed by atoms with Crippen LogP contribution in [0.25, 0.3) is 0 Å². The maximum Gasteiger partial charge on any atom is 0.321 e. The third-order valence-corrected chi connectivity index (χ3v) is 3.35. The second-order valence-corrected chi connectivity index (χ2v) is 4.81. The fourth-order valence-corrected chi connectivity index (χ4v) is 2.17. The highest BCUT2D eigenvalue weighted by Gasteiger charge is 2.22. The molecule has 0 unspecified atom stereocenters. The third kappa shape index (κ3) is 3.20. The molecule has 1 saturated heterocycles. The first-order chi connectivity index (χ1) is 9.63. The molecule has 1 aliphatic rings. The molecular formula is C13H17ClN4O2. The van der Waals surface area contributed by atoms with E-state index in [1.807, 2.05) is 7.05 Å². The van der Waals surface area contributed by atoms with Crippen LogP contribution in [0.1, 0.15) is 10.4 Å². The molecule has 0 aliphatic carbocycles. The van der Waals surface area contributed by atoms with Crippen LogP contribution in [0.5, 0.6) is 0 Å². The monoisotopic (exact) mass is 296 g/mol. The number of likely N-dealkylation sites (N-methyl/N-ethyl adjacent to an activating group) is 1. The summed E-state index contributed by atoms with van der Waals surface area (Å²) in [4.78, 5) is 25.3. The van der Waals surface area contributed by atoms with E-state index in [-0.39, 0.29) is 11.9 Å². The van der Waals surface area contributed by atoms with Gasteiger partial charge in [0, 0.05) is 31.9 Å². The minimum atomic E-state index is -0.244. The van der Waals surface area contributed by atoms with Gasteiger partial charge in [0.05, 0.1) is 10.6 Å². The summed E-state index contributed by atoms with van der Waals surface area (Å²) in [7, 11) is 1.81. The molecule has 1 heterocycles. The van der Waals surface area contributed by atoms with E-state index in [4.69, 9.17) is 11.6 Å². The summed E-state index contributed by atoms with van der Waals surface area (Å²) in [6.45, 7) is 2.38. The fraction of sp³-hybridized carbons (Fsp3) is 0.385. The van der Waals surface area contributed by atoms with Crippen molar-refractivity contribution in [2.24, 2.45) is 0 Å². The Bertz CT molecular complexity index is 521. The Morgan fingerprint density at radius 1 is 1.45 bits per heavy atom. The minimum Gasteiger partial charge on any atom is -0.351 e. The highest BCUT2D eigenvalue weighted by Crippen LogP contribution is 2.24. The average Bonchev–Trinajstić information content (AvgIpc) is 2.86. The summed E-state index contributed by atoms with van der Waals surface area (Å²) in [5.74, 6) is -0.244. The van der Waals surface area contributed by atoms with Gasteiger partial charge in [0.2, 0.25) is 0 Å². The zero-order valence-electron chi connectivity index (χ0n) is 11.2. The topological polar surface area (TPSA) is 73.5 Å². The van der Waals surface area contributed by atoms with Crippen molar-refractivity contribution in [1.29, 1.82) is 0 Å². The Hall–Kier alpha value is -1.79. The number of carbonyl (C=O) groups is 2. The number of hydrogen-bond acceptors (Lipinski definition) is 3. The van der Waals surface area contributed by atoms with Gasteiger partial charge in [-0.1, -0.05) is 11.6 Å². The molecule has 108 valence electrons. The van der Waals surface area contributed by atoms with E-state index in [0.717, 1.165) is 0 Å². The third-order valence-electron chi connectivity index (χ3n) is 3.02. The molecule has 1 aliphatic heterocycles. The predicted molar refractivity (Wildman–Crippen MR) is 78.5 cm³/mol. The molecule has 0 bridgehead atoms. The average molecular weight is 297 g/mol. The van der Waals surface area contributed by atoms with Crippen LogP contribution in [-0.2, 0) is 0 Å². The maximum atomic E-state index is 12.0. The lowest BCUT2D eigenvalue weighted by Gasteiger charge is -2.16. The predicted octanol–water partition coefficient (Wildman–Crippen LogP) is 0.819. The number of hydrogen-bond donors (Lipinski definition) is 3. The first-order valence-corrected chi connectivity index (χ1v) is 6.79. The number of nitrogens with zero attached hydrogens (tertiary/aromatic N) is 1. The summed E-state index contributed by atoms with van der Waals surface area (Å²) in [6, 6.07) is 4.85. The number of nitrogens with one attached hydrogen (secondary N) is 3. The quantitative estimate of drug-likeness (QED) is 0.704. The molecule has 0 radical (unpaired) electrons. The molecule has 1 aromatic rings. The molecule has 1 aromatic carbocycles. The van der Waals surface area contributed by atoms with Gasteiger partial charge in [0.25, 0.3) is 5.91 Å². The van der Waals surface area contributed by atoms with Crippen molar-refractivity contribution < 1.29 is 9.59 Å². The lowest BCUT2D eigenvalue weighted by Crippen LogP contribution is -2.31. The van der Waals surface area contributed by atoms with Gasteiger partial charge in [0.1, 0.15) is 0 Å².